The minimum absolute atomic E-state index is 0.0316. The van der Waals surface area contributed by atoms with Crippen LogP contribution < -0.4 is 10.0 Å². The highest BCUT2D eigenvalue weighted by atomic mass is 32.2. The van der Waals surface area contributed by atoms with E-state index < -0.39 is 16.0 Å². The van der Waals surface area contributed by atoms with E-state index in [4.69, 9.17) is 4.74 Å². The highest BCUT2D eigenvalue weighted by Crippen LogP contribution is 2.29. The first-order valence-electron chi connectivity index (χ1n) is 7.29. The third kappa shape index (κ3) is 4.30. The van der Waals surface area contributed by atoms with Crippen LogP contribution in [0.5, 0.6) is 0 Å². The maximum absolute atomic E-state index is 12.6. The summed E-state index contributed by atoms with van der Waals surface area (Å²) in [5.74, 6) is -0.645. The van der Waals surface area contributed by atoms with E-state index in [2.05, 4.69) is 14.8 Å². The van der Waals surface area contributed by atoms with Crippen molar-refractivity contribution in [2.24, 2.45) is 5.41 Å². The predicted molar refractivity (Wildman–Crippen MR) is 87.3 cm³/mol. The number of carbonyl (C=O) groups excluding carboxylic acids is 1. The number of nitrogens with one attached hydrogen (secondary N) is 2. The highest BCUT2D eigenvalue weighted by Gasteiger charge is 2.34. The van der Waals surface area contributed by atoms with Gasteiger partial charge in [-0.3, -0.25) is 0 Å². The van der Waals surface area contributed by atoms with E-state index in [1.54, 1.807) is 12.5 Å². The van der Waals surface area contributed by atoms with Crippen LogP contribution >= 0.6 is 11.3 Å². The van der Waals surface area contributed by atoms with Crippen LogP contribution in [-0.2, 0) is 19.5 Å². The molecular formula is C14H22N2O5S2. The predicted octanol–water partition coefficient (Wildman–Crippen LogP) is 0.829. The van der Waals surface area contributed by atoms with Crippen molar-refractivity contribution in [2.75, 3.05) is 40.5 Å². The molecule has 7 nitrogen and oxygen atoms in total. The number of rotatable bonds is 7. The van der Waals surface area contributed by atoms with Crippen LogP contribution in [0.4, 0.5) is 0 Å². The molecule has 0 spiro atoms. The highest BCUT2D eigenvalue weighted by molar-refractivity contribution is 7.89. The lowest BCUT2D eigenvalue weighted by atomic mass is 9.80. The number of thiophene rings is 1. The normalized spacial score (nSPS) is 17.8. The van der Waals surface area contributed by atoms with Gasteiger partial charge in [0.25, 0.3) is 0 Å². The fourth-order valence-corrected chi connectivity index (χ4v) is 5.20. The molecule has 0 amide bonds. The van der Waals surface area contributed by atoms with Crippen molar-refractivity contribution >= 4 is 27.3 Å². The Bertz CT molecular complexity index is 630. The topological polar surface area (TPSA) is 93.7 Å². The Morgan fingerprint density at radius 3 is 2.70 bits per heavy atom. The number of hydrogen-bond acceptors (Lipinski definition) is 7. The van der Waals surface area contributed by atoms with Gasteiger partial charge in [-0.2, -0.15) is 0 Å². The smallest absolute Gasteiger partial charge is 0.349 e. The molecule has 1 aliphatic rings. The molecule has 1 aromatic rings. The van der Waals surface area contributed by atoms with Gasteiger partial charge in [-0.15, -0.1) is 11.3 Å². The molecular weight excluding hydrogens is 340 g/mol. The van der Waals surface area contributed by atoms with Gasteiger partial charge in [-0.1, -0.05) is 0 Å². The number of piperidine rings is 1. The molecule has 0 atom stereocenters. The molecule has 2 rings (SSSR count). The third-order valence-electron chi connectivity index (χ3n) is 4.04. The largest absolute Gasteiger partial charge is 0.465 e. The molecule has 9 heteroatoms. The first-order chi connectivity index (χ1) is 10.9. The first-order valence-corrected chi connectivity index (χ1v) is 9.65. The van der Waals surface area contributed by atoms with E-state index >= 15 is 0 Å². The van der Waals surface area contributed by atoms with Crippen molar-refractivity contribution in [3.8, 4) is 0 Å². The molecule has 0 radical (unpaired) electrons. The van der Waals surface area contributed by atoms with Gasteiger partial charge in [0.15, 0.2) is 0 Å². The quantitative estimate of drug-likeness (QED) is 0.698. The van der Waals surface area contributed by atoms with Crippen molar-refractivity contribution in [2.45, 2.75) is 17.7 Å². The lowest BCUT2D eigenvalue weighted by Gasteiger charge is -2.37. The van der Waals surface area contributed by atoms with E-state index in [0.717, 1.165) is 37.3 Å². The van der Waals surface area contributed by atoms with Crippen LogP contribution in [0.2, 0.25) is 0 Å². The average molecular weight is 362 g/mol. The van der Waals surface area contributed by atoms with Crippen molar-refractivity contribution in [3.63, 3.8) is 0 Å². The fourth-order valence-electron chi connectivity index (χ4n) is 2.71. The summed E-state index contributed by atoms with van der Waals surface area (Å²) >= 11 is 1.05. The lowest BCUT2D eigenvalue weighted by molar-refractivity contribution is 0.0576. The maximum Gasteiger partial charge on any atom is 0.349 e. The molecule has 1 aliphatic heterocycles. The Morgan fingerprint density at radius 1 is 1.39 bits per heavy atom. The Morgan fingerprint density at radius 2 is 2.09 bits per heavy atom. The summed E-state index contributed by atoms with van der Waals surface area (Å²) < 4.78 is 37.7. The van der Waals surface area contributed by atoms with E-state index in [-0.39, 0.29) is 21.7 Å². The SMILES string of the molecule is COCC1(CNS(=O)(=O)c2ccsc2C(=O)OC)CCNCC1. The summed E-state index contributed by atoms with van der Waals surface area (Å²) in [6.07, 6.45) is 1.66. The standard InChI is InChI=1S/C14H22N2O5S2/c1-20-10-14(4-6-15-7-5-14)9-16-23(18,19)11-3-8-22-12(11)13(17)21-2/h3,8,15-16H,4-7,9-10H2,1-2H3. The van der Waals surface area contributed by atoms with Gasteiger partial charge < -0.3 is 14.8 Å². The Hall–Kier alpha value is -1.00. The molecule has 1 fully saturated rings. The van der Waals surface area contributed by atoms with Crippen LogP contribution in [0.3, 0.4) is 0 Å². The molecule has 23 heavy (non-hydrogen) atoms. The first kappa shape index (κ1) is 18.3. The average Bonchev–Trinajstić information content (AvgIpc) is 3.04. The van der Waals surface area contributed by atoms with Gasteiger partial charge in [0.05, 0.1) is 13.7 Å². The Balaban J connectivity index is 2.15. The van der Waals surface area contributed by atoms with Gasteiger partial charge in [0.2, 0.25) is 10.0 Å². The molecule has 0 bridgehead atoms. The van der Waals surface area contributed by atoms with Gasteiger partial charge >= 0.3 is 5.97 Å². The molecule has 0 aromatic carbocycles. The van der Waals surface area contributed by atoms with Crippen molar-refractivity contribution < 1.29 is 22.7 Å². The van der Waals surface area contributed by atoms with Crippen LogP contribution in [0, 0.1) is 5.41 Å². The summed E-state index contributed by atoms with van der Waals surface area (Å²) in [5, 5.41) is 4.83. The van der Waals surface area contributed by atoms with Crippen LogP contribution in [0.25, 0.3) is 0 Å². The van der Waals surface area contributed by atoms with Gasteiger partial charge in [-0.25, -0.2) is 17.9 Å². The van der Waals surface area contributed by atoms with Gasteiger partial charge in [0, 0.05) is 19.1 Å². The Kier molecular flexibility index (Phi) is 6.15. The second-order valence-electron chi connectivity index (χ2n) is 5.61. The second-order valence-corrected chi connectivity index (χ2v) is 8.26. The van der Waals surface area contributed by atoms with Gasteiger partial charge in [0.1, 0.15) is 9.77 Å². The van der Waals surface area contributed by atoms with Crippen LogP contribution in [0.1, 0.15) is 22.5 Å². The molecule has 0 saturated carbocycles. The zero-order valence-electron chi connectivity index (χ0n) is 13.3. The molecule has 2 N–H and O–H groups in total. The maximum atomic E-state index is 12.6. The summed E-state index contributed by atoms with van der Waals surface area (Å²) in [5.41, 5.74) is -0.228. The number of esters is 1. The van der Waals surface area contributed by atoms with E-state index in [9.17, 15) is 13.2 Å². The molecule has 2 heterocycles. The third-order valence-corrected chi connectivity index (χ3v) is 6.51. The van der Waals surface area contributed by atoms with E-state index in [1.165, 1.54) is 13.2 Å². The van der Waals surface area contributed by atoms with Crippen molar-refractivity contribution in [1.29, 1.82) is 0 Å². The number of ether oxygens (including phenoxy) is 2. The van der Waals surface area contributed by atoms with E-state index in [1.807, 2.05) is 0 Å². The molecule has 1 saturated heterocycles. The summed E-state index contributed by atoms with van der Waals surface area (Å²) in [6.45, 7) is 2.43. The van der Waals surface area contributed by atoms with Crippen molar-refractivity contribution in [1.82, 2.24) is 10.0 Å². The zero-order chi connectivity index (χ0) is 16.9. The monoisotopic (exact) mass is 362 g/mol. The molecule has 0 unspecified atom stereocenters. The lowest BCUT2D eigenvalue weighted by Crippen LogP contribution is -2.47. The van der Waals surface area contributed by atoms with Crippen LogP contribution in [-0.4, -0.2) is 54.8 Å². The number of hydrogen-bond donors (Lipinski definition) is 2. The molecule has 130 valence electrons. The van der Waals surface area contributed by atoms with E-state index in [0.29, 0.717) is 6.61 Å². The fraction of sp³-hybridized carbons (Fsp3) is 0.643. The summed E-state index contributed by atoms with van der Waals surface area (Å²) in [6, 6.07) is 1.42. The zero-order valence-corrected chi connectivity index (χ0v) is 14.9. The van der Waals surface area contributed by atoms with Crippen LogP contribution in [0.15, 0.2) is 16.3 Å². The number of carbonyl (C=O) groups is 1. The summed E-state index contributed by atoms with van der Waals surface area (Å²) in [4.78, 5) is 11.7. The summed E-state index contributed by atoms with van der Waals surface area (Å²) in [7, 11) is -0.927. The second kappa shape index (κ2) is 7.71. The minimum Gasteiger partial charge on any atom is -0.465 e. The molecule has 0 aliphatic carbocycles. The number of sulfonamides is 1. The van der Waals surface area contributed by atoms with Crippen molar-refractivity contribution in [3.05, 3.63) is 16.3 Å². The molecule has 1 aromatic heterocycles. The Labute approximate surface area is 140 Å². The number of methoxy groups -OCH3 is 2. The minimum atomic E-state index is -3.77. The van der Waals surface area contributed by atoms with Gasteiger partial charge in [-0.05, 0) is 37.4 Å².